The Morgan fingerprint density at radius 1 is 1.15 bits per heavy atom. The number of hydrogen-bond acceptors (Lipinski definition) is 5. The molecule has 0 amide bonds. The molecular weight excluding hydrogens is 254 g/mol. The topological polar surface area (TPSA) is 61.0 Å². The Morgan fingerprint density at radius 3 is 2.60 bits per heavy atom. The molecule has 0 fully saturated rings. The van der Waals surface area contributed by atoms with Crippen molar-refractivity contribution in [1.29, 1.82) is 0 Å². The summed E-state index contributed by atoms with van der Waals surface area (Å²) < 4.78 is 10.5. The van der Waals surface area contributed by atoms with Crippen LogP contribution in [0, 0.1) is 6.92 Å². The predicted octanol–water partition coefficient (Wildman–Crippen LogP) is 3.12. The smallest absolute Gasteiger partial charge is 0.170 e. The van der Waals surface area contributed by atoms with Gasteiger partial charge in [0, 0.05) is 17.8 Å². The molecule has 2 aromatic heterocycles. The SMILES string of the molecule is COc1ccc(-c2ncncc2-c2cc(C)no2)cc1. The van der Waals surface area contributed by atoms with Gasteiger partial charge in [0.2, 0.25) is 0 Å². The summed E-state index contributed by atoms with van der Waals surface area (Å²) in [5, 5.41) is 3.90. The Morgan fingerprint density at radius 2 is 1.95 bits per heavy atom. The van der Waals surface area contributed by atoms with Crippen molar-refractivity contribution in [3.8, 4) is 28.3 Å². The molecule has 0 aliphatic heterocycles. The normalized spacial score (nSPS) is 10.5. The molecule has 100 valence electrons. The maximum absolute atomic E-state index is 5.30. The quantitative estimate of drug-likeness (QED) is 0.729. The molecule has 0 aliphatic rings. The van der Waals surface area contributed by atoms with E-state index in [1.807, 2.05) is 37.3 Å². The summed E-state index contributed by atoms with van der Waals surface area (Å²) >= 11 is 0. The molecule has 3 rings (SSSR count). The van der Waals surface area contributed by atoms with Gasteiger partial charge in [-0.1, -0.05) is 5.16 Å². The van der Waals surface area contributed by atoms with Crippen LogP contribution < -0.4 is 4.74 Å². The fourth-order valence-electron chi connectivity index (χ4n) is 1.98. The third-order valence-electron chi connectivity index (χ3n) is 2.97. The van der Waals surface area contributed by atoms with Crippen LogP contribution in [0.2, 0.25) is 0 Å². The largest absolute Gasteiger partial charge is 0.497 e. The lowest BCUT2D eigenvalue weighted by atomic mass is 10.1. The molecule has 3 aromatic rings. The monoisotopic (exact) mass is 267 g/mol. The first-order valence-corrected chi connectivity index (χ1v) is 6.16. The summed E-state index contributed by atoms with van der Waals surface area (Å²) in [5.74, 6) is 1.47. The van der Waals surface area contributed by atoms with Gasteiger partial charge < -0.3 is 9.26 Å². The van der Waals surface area contributed by atoms with Gasteiger partial charge in [0.1, 0.15) is 12.1 Å². The average Bonchev–Trinajstić information content (AvgIpc) is 2.94. The van der Waals surface area contributed by atoms with E-state index in [4.69, 9.17) is 9.26 Å². The molecule has 0 saturated heterocycles. The zero-order chi connectivity index (χ0) is 13.9. The van der Waals surface area contributed by atoms with Crippen LogP contribution in [-0.4, -0.2) is 22.2 Å². The minimum atomic E-state index is 0.661. The third-order valence-corrected chi connectivity index (χ3v) is 2.97. The highest BCUT2D eigenvalue weighted by molar-refractivity contribution is 5.77. The van der Waals surface area contributed by atoms with E-state index in [2.05, 4.69) is 15.1 Å². The molecule has 5 heteroatoms. The van der Waals surface area contributed by atoms with Crippen molar-refractivity contribution < 1.29 is 9.26 Å². The Hall–Kier alpha value is -2.69. The second kappa shape index (κ2) is 5.13. The minimum Gasteiger partial charge on any atom is -0.497 e. The van der Waals surface area contributed by atoms with Crippen molar-refractivity contribution in [2.24, 2.45) is 0 Å². The molecular formula is C15H13N3O2. The maximum Gasteiger partial charge on any atom is 0.170 e. The van der Waals surface area contributed by atoms with Crippen LogP contribution in [0.25, 0.3) is 22.6 Å². The summed E-state index contributed by atoms with van der Waals surface area (Å²) in [7, 11) is 1.64. The van der Waals surface area contributed by atoms with Crippen LogP contribution in [0.15, 0.2) is 47.4 Å². The van der Waals surface area contributed by atoms with Gasteiger partial charge in [0.15, 0.2) is 5.76 Å². The molecule has 1 aromatic carbocycles. The summed E-state index contributed by atoms with van der Waals surface area (Å²) in [4.78, 5) is 8.42. The number of ether oxygens (including phenoxy) is 1. The highest BCUT2D eigenvalue weighted by Crippen LogP contribution is 2.30. The predicted molar refractivity (Wildman–Crippen MR) is 74.3 cm³/mol. The summed E-state index contributed by atoms with van der Waals surface area (Å²) in [6, 6.07) is 9.56. The Kier molecular flexibility index (Phi) is 3.16. The van der Waals surface area contributed by atoms with Gasteiger partial charge in [-0.25, -0.2) is 9.97 Å². The fraction of sp³-hybridized carbons (Fsp3) is 0.133. The summed E-state index contributed by atoms with van der Waals surface area (Å²) in [5.41, 5.74) is 3.42. The van der Waals surface area contributed by atoms with Crippen LogP contribution in [0.3, 0.4) is 0 Å². The van der Waals surface area contributed by atoms with Crippen LogP contribution in [0.1, 0.15) is 5.69 Å². The van der Waals surface area contributed by atoms with Crippen molar-refractivity contribution in [3.05, 3.63) is 48.5 Å². The summed E-state index contributed by atoms with van der Waals surface area (Å²) in [6.07, 6.45) is 3.25. The van der Waals surface area contributed by atoms with Crippen LogP contribution in [-0.2, 0) is 0 Å². The molecule has 20 heavy (non-hydrogen) atoms. The molecule has 0 saturated carbocycles. The van der Waals surface area contributed by atoms with E-state index in [0.717, 1.165) is 28.3 Å². The van der Waals surface area contributed by atoms with Crippen LogP contribution >= 0.6 is 0 Å². The molecule has 0 aliphatic carbocycles. The number of nitrogens with zero attached hydrogens (tertiary/aromatic N) is 3. The Bertz CT molecular complexity index is 720. The molecule has 0 N–H and O–H groups in total. The van der Waals surface area contributed by atoms with Gasteiger partial charge >= 0.3 is 0 Å². The van der Waals surface area contributed by atoms with Crippen molar-refractivity contribution in [1.82, 2.24) is 15.1 Å². The zero-order valence-electron chi connectivity index (χ0n) is 11.2. The van der Waals surface area contributed by atoms with Gasteiger partial charge in [-0.2, -0.15) is 0 Å². The van der Waals surface area contributed by atoms with Gasteiger partial charge in [-0.05, 0) is 31.2 Å². The number of methoxy groups -OCH3 is 1. The van der Waals surface area contributed by atoms with E-state index in [1.54, 1.807) is 13.3 Å². The maximum atomic E-state index is 5.30. The van der Waals surface area contributed by atoms with Crippen LogP contribution in [0.4, 0.5) is 0 Å². The van der Waals surface area contributed by atoms with E-state index >= 15 is 0 Å². The minimum absolute atomic E-state index is 0.661. The van der Waals surface area contributed by atoms with Crippen molar-refractivity contribution in [2.45, 2.75) is 6.92 Å². The van der Waals surface area contributed by atoms with E-state index < -0.39 is 0 Å². The highest BCUT2D eigenvalue weighted by atomic mass is 16.5. The van der Waals surface area contributed by atoms with Gasteiger partial charge in [0.25, 0.3) is 0 Å². The first kappa shape index (κ1) is 12.3. The fourth-order valence-corrected chi connectivity index (χ4v) is 1.98. The second-order valence-electron chi connectivity index (χ2n) is 4.35. The lowest BCUT2D eigenvalue weighted by Gasteiger charge is -2.06. The van der Waals surface area contributed by atoms with E-state index in [0.29, 0.717) is 5.76 Å². The zero-order valence-corrected chi connectivity index (χ0v) is 11.2. The molecule has 0 bridgehead atoms. The highest BCUT2D eigenvalue weighted by Gasteiger charge is 2.13. The third kappa shape index (κ3) is 2.25. The standard InChI is InChI=1S/C15H13N3O2/c1-10-7-14(20-18-10)13-8-16-9-17-15(13)11-3-5-12(19-2)6-4-11/h3-9H,1-2H3. The Balaban J connectivity index is 2.09. The number of aromatic nitrogens is 3. The van der Waals surface area contributed by atoms with E-state index in [-0.39, 0.29) is 0 Å². The molecule has 0 unspecified atom stereocenters. The Labute approximate surface area is 116 Å². The number of rotatable bonds is 3. The molecule has 0 spiro atoms. The molecule has 5 nitrogen and oxygen atoms in total. The van der Waals surface area contributed by atoms with Crippen molar-refractivity contribution in [3.63, 3.8) is 0 Å². The number of benzene rings is 1. The van der Waals surface area contributed by atoms with Gasteiger partial charge in [-0.3, -0.25) is 0 Å². The lowest BCUT2D eigenvalue weighted by Crippen LogP contribution is -1.90. The molecule has 0 radical (unpaired) electrons. The van der Waals surface area contributed by atoms with Gasteiger partial charge in [-0.15, -0.1) is 0 Å². The van der Waals surface area contributed by atoms with Gasteiger partial charge in [0.05, 0.1) is 24.1 Å². The van der Waals surface area contributed by atoms with E-state index in [1.165, 1.54) is 6.33 Å². The number of aryl methyl sites for hydroxylation is 1. The summed E-state index contributed by atoms with van der Waals surface area (Å²) in [6.45, 7) is 1.88. The molecule has 2 heterocycles. The average molecular weight is 267 g/mol. The van der Waals surface area contributed by atoms with Crippen molar-refractivity contribution >= 4 is 0 Å². The first-order chi connectivity index (χ1) is 9.78. The number of hydrogen-bond donors (Lipinski definition) is 0. The van der Waals surface area contributed by atoms with Crippen molar-refractivity contribution in [2.75, 3.05) is 7.11 Å². The lowest BCUT2D eigenvalue weighted by molar-refractivity contribution is 0.415. The van der Waals surface area contributed by atoms with E-state index in [9.17, 15) is 0 Å². The molecule has 0 atom stereocenters. The second-order valence-corrected chi connectivity index (χ2v) is 4.35. The van der Waals surface area contributed by atoms with Crippen LogP contribution in [0.5, 0.6) is 5.75 Å². The first-order valence-electron chi connectivity index (χ1n) is 6.16.